The van der Waals surface area contributed by atoms with Gasteiger partial charge in [0.05, 0.1) is 9.09 Å². The summed E-state index contributed by atoms with van der Waals surface area (Å²) in [4.78, 5) is 1.11. The van der Waals surface area contributed by atoms with Crippen LogP contribution in [0.3, 0.4) is 0 Å². The molecule has 0 spiro atoms. The molecule has 3 heteroatoms. The Labute approximate surface area is 117 Å². The molecule has 0 aliphatic rings. The second kappa shape index (κ2) is 6.65. The van der Waals surface area contributed by atoms with E-state index in [0.717, 1.165) is 17.0 Å². The fourth-order valence-electron chi connectivity index (χ4n) is 1.36. The summed E-state index contributed by atoms with van der Waals surface area (Å²) >= 11 is 3.39. The topological polar surface area (TPSA) is 12.0 Å². The largest absolute Gasteiger partial charge is 0.259 e. The van der Waals surface area contributed by atoms with Crippen LogP contribution in [0, 0.1) is 18.8 Å². The van der Waals surface area contributed by atoms with Crippen molar-refractivity contribution in [1.29, 1.82) is 0 Å². The van der Waals surface area contributed by atoms with Crippen LogP contribution in [0.4, 0.5) is 0 Å². The second-order valence-electron chi connectivity index (χ2n) is 3.83. The van der Waals surface area contributed by atoms with Gasteiger partial charge in [0.25, 0.3) is 0 Å². The highest BCUT2D eigenvalue weighted by Gasteiger charge is 1.97. The number of hydrogen-bond acceptors (Lipinski definition) is 3. The SMILES string of the molecule is CCNSc1ccc(C#Cc2ccc(C)cc2)s1. The maximum Gasteiger partial charge on any atom is 0.0784 e. The molecule has 1 N–H and O–H groups in total. The van der Waals surface area contributed by atoms with E-state index in [1.54, 1.807) is 23.3 Å². The maximum absolute atomic E-state index is 3.24. The molecule has 2 rings (SSSR count). The molecule has 1 aromatic carbocycles. The Morgan fingerprint density at radius 2 is 1.89 bits per heavy atom. The molecule has 0 aliphatic carbocycles. The molecule has 18 heavy (non-hydrogen) atoms. The summed E-state index contributed by atoms with van der Waals surface area (Å²) < 4.78 is 4.49. The summed E-state index contributed by atoms with van der Waals surface area (Å²) in [5.74, 6) is 6.39. The van der Waals surface area contributed by atoms with E-state index < -0.39 is 0 Å². The van der Waals surface area contributed by atoms with Gasteiger partial charge in [-0.1, -0.05) is 36.5 Å². The smallest absolute Gasteiger partial charge is 0.0784 e. The Morgan fingerprint density at radius 3 is 2.61 bits per heavy atom. The molecule has 0 aliphatic heterocycles. The van der Waals surface area contributed by atoms with Crippen molar-refractivity contribution in [3.05, 3.63) is 52.4 Å². The minimum Gasteiger partial charge on any atom is -0.259 e. The summed E-state index contributed by atoms with van der Waals surface area (Å²) in [5.41, 5.74) is 2.33. The molecule has 0 atom stereocenters. The summed E-state index contributed by atoms with van der Waals surface area (Å²) in [7, 11) is 0. The van der Waals surface area contributed by atoms with Gasteiger partial charge in [0.1, 0.15) is 0 Å². The Bertz CT molecular complexity index is 558. The highest BCUT2D eigenvalue weighted by molar-refractivity contribution is 7.99. The molecular weight excluding hydrogens is 258 g/mol. The van der Waals surface area contributed by atoms with E-state index in [0.29, 0.717) is 0 Å². The van der Waals surface area contributed by atoms with Gasteiger partial charge < -0.3 is 0 Å². The summed E-state index contributed by atoms with van der Waals surface area (Å²) in [6, 6.07) is 12.5. The van der Waals surface area contributed by atoms with Crippen LogP contribution in [0.2, 0.25) is 0 Å². The van der Waals surface area contributed by atoms with Gasteiger partial charge in [-0.05, 0) is 43.1 Å². The van der Waals surface area contributed by atoms with Crippen LogP contribution in [-0.2, 0) is 0 Å². The third-order valence-electron chi connectivity index (χ3n) is 2.28. The number of nitrogens with one attached hydrogen (secondary N) is 1. The molecule has 0 fully saturated rings. The molecule has 92 valence electrons. The lowest BCUT2D eigenvalue weighted by molar-refractivity contribution is 1.04. The van der Waals surface area contributed by atoms with E-state index >= 15 is 0 Å². The van der Waals surface area contributed by atoms with E-state index in [1.165, 1.54) is 9.77 Å². The van der Waals surface area contributed by atoms with Gasteiger partial charge in [-0.3, -0.25) is 4.72 Å². The van der Waals surface area contributed by atoms with Gasteiger partial charge in [-0.25, -0.2) is 0 Å². The predicted octanol–water partition coefficient (Wildman–Crippen LogP) is 4.07. The van der Waals surface area contributed by atoms with Crippen LogP contribution in [-0.4, -0.2) is 6.54 Å². The molecule has 0 amide bonds. The van der Waals surface area contributed by atoms with E-state index in [-0.39, 0.29) is 0 Å². The molecule has 2 aromatic rings. The van der Waals surface area contributed by atoms with Crippen molar-refractivity contribution in [3.63, 3.8) is 0 Å². The maximum atomic E-state index is 3.24. The molecule has 0 radical (unpaired) electrons. The van der Waals surface area contributed by atoms with Crippen LogP contribution in [0.25, 0.3) is 0 Å². The second-order valence-corrected chi connectivity index (χ2v) is 6.11. The van der Waals surface area contributed by atoms with Gasteiger partial charge in [0.2, 0.25) is 0 Å². The lowest BCUT2D eigenvalue weighted by Crippen LogP contribution is -1.98. The molecule has 1 aromatic heterocycles. The molecule has 0 bridgehead atoms. The third-order valence-corrected chi connectivity index (χ3v) is 4.35. The van der Waals surface area contributed by atoms with Gasteiger partial charge >= 0.3 is 0 Å². The first-order valence-electron chi connectivity index (χ1n) is 5.86. The standard InChI is InChI=1S/C15H15NS2/c1-3-16-18-15-11-10-14(17-15)9-8-13-6-4-12(2)5-7-13/h4-7,10-11,16H,3H2,1-2H3. The number of benzene rings is 1. The minimum absolute atomic E-state index is 0.965. The molecule has 0 unspecified atom stereocenters. The van der Waals surface area contributed by atoms with Gasteiger partial charge in [0.15, 0.2) is 0 Å². The number of rotatable bonds is 3. The lowest BCUT2D eigenvalue weighted by Gasteiger charge is -1.94. The summed E-state index contributed by atoms with van der Waals surface area (Å²) in [6.07, 6.45) is 0. The fraction of sp³-hybridized carbons (Fsp3) is 0.200. The third kappa shape index (κ3) is 3.92. The van der Waals surface area contributed by atoms with Crippen molar-refractivity contribution in [1.82, 2.24) is 4.72 Å². The Balaban J connectivity index is 2.05. The first-order chi connectivity index (χ1) is 8.78. The summed E-state index contributed by atoms with van der Waals surface area (Å²) in [6.45, 7) is 5.15. The number of aryl methyl sites for hydroxylation is 1. The Morgan fingerprint density at radius 1 is 1.11 bits per heavy atom. The highest BCUT2D eigenvalue weighted by atomic mass is 32.2. The Hall–Kier alpha value is -1.21. The average molecular weight is 273 g/mol. The van der Waals surface area contributed by atoms with Crippen LogP contribution in [0.5, 0.6) is 0 Å². The molecular formula is C15H15NS2. The van der Waals surface area contributed by atoms with Crippen LogP contribution < -0.4 is 4.72 Å². The van der Waals surface area contributed by atoms with Crippen LogP contribution >= 0.6 is 23.3 Å². The van der Waals surface area contributed by atoms with E-state index in [9.17, 15) is 0 Å². The normalized spacial score (nSPS) is 9.89. The quantitative estimate of drug-likeness (QED) is 0.668. The minimum atomic E-state index is 0.965. The molecule has 0 saturated heterocycles. The number of thiophene rings is 1. The van der Waals surface area contributed by atoms with E-state index in [2.05, 4.69) is 66.8 Å². The van der Waals surface area contributed by atoms with Gasteiger partial charge in [-0.15, -0.1) is 11.3 Å². The van der Waals surface area contributed by atoms with Gasteiger partial charge in [-0.2, -0.15) is 0 Å². The summed E-state index contributed by atoms with van der Waals surface area (Å²) in [5, 5.41) is 0. The number of hydrogen-bond donors (Lipinski definition) is 1. The van der Waals surface area contributed by atoms with Crippen molar-refractivity contribution in [2.75, 3.05) is 6.54 Å². The zero-order valence-corrected chi connectivity index (χ0v) is 12.1. The molecule has 1 heterocycles. The molecule has 0 saturated carbocycles. The van der Waals surface area contributed by atoms with Crippen molar-refractivity contribution in [2.24, 2.45) is 0 Å². The predicted molar refractivity (Wildman–Crippen MR) is 81.0 cm³/mol. The average Bonchev–Trinajstić information content (AvgIpc) is 2.84. The van der Waals surface area contributed by atoms with Crippen LogP contribution in [0.1, 0.15) is 22.9 Å². The molecule has 1 nitrogen and oxygen atoms in total. The van der Waals surface area contributed by atoms with Crippen molar-refractivity contribution in [2.45, 2.75) is 18.1 Å². The zero-order valence-electron chi connectivity index (χ0n) is 10.5. The van der Waals surface area contributed by atoms with Crippen molar-refractivity contribution in [3.8, 4) is 11.8 Å². The van der Waals surface area contributed by atoms with Crippen LogP contribution in [0.15, 0.2) is 40.6 Å². The van der Waals surface area contributed by atoms with E-state index in [4.69, 9.17) is 0 Å². The monoisotopic (exact) mass is 273 g/mol. The van der Waals surface area contributed by atoms with Crippen molar-refractivity contribution >= 4 is 23.3 Å². The van der Waals surface area contributed by atoms with Gasteiger partial charge in [0, 0.05) is 12.1 Å². The lowest BCUT2D eigenvalue weighted by atomic mass is 10.1. The van der Waals surface area contributed by atoms with E-state index in [1.807, 2.05) is 0 Å². The zero-order chi connectivity index (χ0) is 12.8. The fourth-order valence-corrected chi connectivity index (χ4v) is 2.98. The first-order valence-corrected chi connectivity index (χ1v) is 7.49. The Kier molecular flexibility index (Phi) is 4.89. The highest BCUT2D eigenvalue weighted by Crippen LogP contribution is 2.24. The van der Waals surface area contributed by atoms with Crippen molar-refractivity contribution < 1.29 is 0 Å². The first kappa shape index (κ1) is 13.2.